The number of hydrogen-bond donors (Lipinski definition) is 1. The van der Waals surface area contributed by atoms with Crippen LogP contribution in [0.25, 0.3) is 5.69 Å². The van der Waals surface area contributed by atoms with Gasteiger partial charge in [0.15, 0.2) is 11.5 Å². The molecule has 6 rings (SSSR count). The summed E-state index contributed by atoms with van der Waals surface area (Å²) < 4.78 is 18.7. The molecule has 1 aromatic heterocycles. The van der Waals surface area contributed by atoms with Gasteiger partial charge in [0.05, 0.1) is 31.7 Å². The van der Waals surface area contributed by atoms with Crippen molar-refractivity contribution in [1.29, 1.82) is 0 Å². The van der Waals surface area contributed by atoms with Crippen molar-refractivity contribution in [2.45, 2.75) is 32.9 Å². The number of carbonyl (C=O) groups is 1. The quantitative estimate of drug-likeness (QED) is 0.197. The minimum Gasteiger partial charge on any atom is -0.493 e. The van der Waals surface area contributed by atoms with Crippen molar-refractivity contribution in [3.8, 4) is 22.9 Å². The Hall–Kier alpha value is -5.15. The van der Waals surface area contributed by atoms with E-state index in [1.807, 2.05) is 49.5 Å². The third kappa shape index (κ3) is 7.16. The maximum atomic E-state index is 13.0. The van der Waals surface area contributed by atoms with Crippen LogP contribution in [0.15, 0.2) is 91.1 Å². The molecule has 9 heteroatoms. The number of carbonyl (C=O) groups excluding carboxylic acids is 1. The zero-order valence-corrected chi connectivity index (χ0v) is 25.8. The van der Waals surface area contributed by atoms with Gasteiger partial charge in [0.25, 0.3) is 5.91 Å². The first-order valence-corrected chi connectivity index (χ1v) is 15.1. The van der Waals surface area contributed by atoms with E-state index in [1.165, 1.54) is 16.7 Å². The molecule has 45 heavy (non-hydrogen) atoms. The standard InChI is InChI=1S/C36H37N5O4/c1-25-7-6-8-29(19-25)37-36(42)32-9-4-5-10-33(32)45-24-30-23-41(39-38-30)31-13-11-26(12-14-31)15-17-40-18-16-27-20-34(43-2)35(44-3)21-28(27)22-40/h4-14,19-21,23H,15-18,22,24H2,1-3H3,(H,37,42). The number of nitrogens with zero attached hydrogens (tertiary/aromatic N) is 4. The molecule has 0 radical (unpaired) electrons. The second-order valence-corrected chi connectivity index (χ2v) is 11.2. The lowest BCUT2D eigenvalue weighted by Gasteiger charge is -2.29. The van der Waals surface area contributed by atoms with Crippen LogP contribution in [-0.2, 0) is 26.0 Å². The summed E-state index contributed by atoms with van der Waals surface area (Å²) in [6.07, 6.45) is 3.80. The number of benzene rings is 4. The van der Waals surface area contributed by atoms with Gasteiger partial charge in [-0.15, -0.1) is 5.10 Å². The highest BCUT2D eigenvalue weighted by atomic mass is 16.5. The van der Waals surface area contributed by atoms with Crippen molar-refractivity contribution in [1.82, 2.24) is 19.9 Å². The molecule has 5 aromatic rings. The molecule has 2 heterocycles. The third-order valence-corrected chi connectivity index (χ3v) is 8.04. The molecule has 0 unspecified atom stereocenters. The first-order valence-electron chi connectivity index (χ1n) is 15.1. The van der Waals surface area contributed by atoms with Crippen LogP contribution >= 0.6 is 0 Å². The van der Waals surface area contributed by atoms with E-state index in [0.29, 0.717) is 17.0 Å². The molecule has 1 aliphatic heterocycles. The summed E-state index contributed by atoms with van der Waals surface area (Å²) in [7, 11) is 3.36. The van der Waals surface area contributed by atoms with Crippen LogP contribution in [0.2, 0.25) is 0 Å². The Balaban J connectivity index is 1.03. The zero-order chi connectivity index (χ0) is 31.2. The molecule has 0 fully saturated rings. The predicted octanol–water partition coefficient (Wildman–Crippen LogP) is 6.03. The molecule has 0 saturated carbocycles. The number of aromatic nitrogens is 3. The molecular weight excluding hydrogens is 566 g/mol. The number of anilines is 1. The highest BCUT2D eigenvalue weighted by Crippen LogP contribution is 2.33. The van der Waals surface area contributed by atoms with Crippen molar-refractivity contribution >= 4 is 11.6 Å². The third-order valence-electron chi connectivity index (χ3n) is 8.04. The molecule has 0 bridgehead atoms. The summed E-state index contributed by atoms with van der Waals surface area (Å²) in [5, 5.41) is 11.5. The van der Waals surface area contributed by atoms with E-state index in [-0.39, 0.29) is 12.5 Å². The highest BCUT2D eigenvalue weighted by molar-refractivity contribution is 6.06. The van der Waals surface area contributed by atoms with Gasteiger partial charge in [-0.2, -0.15) is 0 Å². The number of rotatable bonds is 11. The molecule has 1 aliphatic rings. The molecule has 0 aliphatic carbocycles. The summed E-state index contributed by atoms with van der Waals surface area (Å²) >= 11 is 0. The van der Waals surface area contributed by atoms with Gasteiger partial charge in [0, 0.05) is 25.3 Å². The molecule has 1 amide bonds. The van der Waals surface area contributed by atoms with E-state index in [4.69, 9.17) is 14.2 Å². The smallest absolute Gasteiger partial charge is 0.259 e. The van der Waals surface area contributed by atoms with E-state index in [9.17, 15) is 4.79 Å². The average Bonchev–Trinajstić information content (AvgIpc) is 3.55. The fraction of sp³-hybridized carbons (Fsp3) is 0.250. The van der Waals surface area contributed by atoms with E-state index in [2.05, 4.69) is 56.9 Å². The van der Waals surface area contributed by atoms with E-state index in [0.717, 1.165) is 60.9 Å². The summed E-state index contributed by atoms with van der Waals surface area (Å²) in [6, 6.07) is 27.5. The van der Waals surface area contributed by atoms with Crippen molar-refractivity contribution in [2.75, 3.05) is 32.6 Å². The number of para-hydroxylation sites is 1. The lowest BCUT2D eigenvalue weighted by molar-refractivity contribution is 0.102. The summed E-state index contributed by atoms with van der Waals surface area (Å²) in [6.45, 7) is 5.07. The van der Waals surface area contributed by atoms with Crippen molar-refractivity contribution in [3.63, 3.8) is 0 Å². The number of aryl methyl sites for hydroxylation is 1. The molecule has 9 nitrogen and oxygen atoms in total. The van der Waals surface area contributed by atoms with Crippen LogP contribution in [0, 0.1) is 6.92 Å². The Morgan fingerprint density at radius 3 is 2.44 bits per heavy atom. The molecule has 230 valence electrons. The topological polar surface area (TPSA) is 90.7 Å². The number of hydrogen-bond acceptors (Lipinski definition) is 7. The van der Waals surface area contributed by atoms with Crippen LogP contribution < -0.4 is 19.5 Å². The number of amides is 1. The van der Waals surface area contributed by atoms with Crippen molar-refractivity contribution < 1.29 is 19.0 Å². The second-order valence-electron chi connectivity index (χ2n) is 11.2. The number of ether oxygens (including phenoxy) is 3. The zero-order valence-electron chi connectivity index (χ0n) is 25.8. The van der Waals surface area contributed by atoms with Gasteiger partial charge < -0.3 is 19.5 Å². The van der Waals surface area contributed by atoms with Gasteiger partial charge in [-0.25, -0.2) is 4.68 Å². The van der Waals surface area contributed by atoms with Gasteiger partial charge in [-0.1, -0.05) is 41.6 Å². The van der Waals surface area contributed by atoms with Crippen molar-refractivity contribution in [3.05, 3.63) is 125 Å². The normalized spacial score (nSPS) is 12.8. The summed E-state index contributed by atoms with van der Waals surface area (Å²) in [5.74, 6) is 1.83. The van der Waals surface area contributed by atoms with E-state index in [1.54, 1.807) is 31.0 Å². The average molecular weight is 604 g/mol. The predicted molar refractivity (Wildman–Crippen MR) is 173 cm³/mol. The second kappa shape index (κ2) is 13.7. The number of methoxy groups -OCH3 is 2. The van der Waals surface area contributed by atoms with Crippen LogP contribution in [0.4, 0.5) is 5.69 Å². The maximum absolute atomic E-state index is 13.0. The van der Waals surface area contributed by atoms with Gasteiger partial charge >= 0.3 is 0 Å². The first-order chi connectivity index (χ1) is 22.0. The Kier molecular flexibility index (Phi) is 9.07. The molecule has 4 aromatic carbocycles. The Labute approximate surface area is 263 Å². The maximum Gasteiger partial charge on any atom is 0.259 e. The lowest BCUT2D eigenvalue weighted by Crippen LogP contribution is -2.32. The summed E-state index contributed by atoms with van der Waals surface area (Å²) in [5.41, 5.74) is 7.74. The monoisotopic (exact) mass is 603 g/mol. The van der Waals surface area contributed by atoms with Crippen LogP contribution in [0.3, 0.4) is 0 Å². The Morgan fingerprint density at radius 1 is 0.889 bits per heavy atom. The van der Waals surface area contributed by atoms with Crippen LogP contribution in [0.5, 0.6) is 17.2 Å². The van der Waals surface area contributed by atoms with Gasteiger partial charge in [0.2, 0.25) is 0 Å². The van der Waals surface area contributed by atoms with Gasteiger partial charge in [-0.3, -0.25) is 9.69 Å². The van der Waals surface area contributed by atoms with E-state index < -0.39 is 0 Å². The number of nitrogens with one attached hydrogen (secondary N) is 1. The van der Waals surface area contributed by atoms with Gasteiger partial charge in [0.1, 0.15) is 18.1 Å². The van der Waals surface area contributed by atoms with Crippen LogP contribution in [0.1, 0.15) is 38.3 Å². The fourth-order valence-electron chi connectivity index (χ4n) is 5.58. The van der Waals surface area contributed by atoms with Crippen LogP contribution in [-0.4, -0.2) is 53.1 Å². The number of fused-ring (bicyclic) bond motifs is 1. The fourth-order valence-corrected chi connectivity index (χ4v) is 5.58. The minimum atomic E-state index is -0.231. The SMILES string of the molecule is COc1cc2c(cc1OC)CN(CCc1ccc(-n3cc(COc4ccccc4C(=O)Nc4cccc(C)c4)nn3)cc1)CC2. The lowest BCUT2D eigenvalue weighted by atomic mass is 9.98. The van der Waals surface area contributed by atoms with Gasteiger partial charge in [-0.05, 0) is 90.6 Å². The highest BCUT2D eigenvalue weighted by Gasteiger charge is 2.19. The summed E-state index contributed by atoms with van der Waals surface area (Å²) in [4.78, 5) is 15.5. The Morgan fingerprint density at radius 2 is 1.67 bits per heavy atom. The Bertz CT molecular complexity index is 1780. The molecular formula is C36H37N5O4. The molecule has 0 spiro atoms. The molecule has 0 saturated heterocycles. The molecule has 1 N–H and O–H groups in total. The first kappa shape index (κ1) is 29.9. The van der Waals surface area contributed by atoms with Crippen molar-refractivity contribution in [2.24, 2.45) is 0 Å². The minimum absolute atomic E-state index is 0.185. The van der Waals surface area contributed by atoms with E-state index >= 15 is 0 Å². The largest absolute Gasteiger partial charge is 0.493 e. The molecule has 0 atom stereocenters.